The van der Waals surface area contributed by atoms with Crippen molar-refractivity contribution in [1.29, 1.82) is 0 Å². The van der Waals surface area contributed by atoms with Gasteiger partial charge in [-0.1, -0.05) is 26.0 Å². The number of benzene rings is 1. The number of rotatable bonds is 5. The Morgan fingerprint density at radius 3 is 2.41 bits per heavy atom. The summed E-state index contributed by atoms with van der Waals surface area (Å²) in [7, 11) is 0. The van der Waals surface area contributed by atoms with E-state index in [4.69, 9.17) is 4.42 Å². The second kappa shape index (κ2) is 5.58. The van der Waals surface area contributed by atoms with Gasteiger partial charge in [-0.15, -0.1) is 0 Å². The molecule has 1 N–H and O–H groups in total. The van der Waals surface area contributed by atoms with Crippen LogP contribution in [0.5, 0.6) is 0 Å². The molecule has 2 heteroatoms. The molecule has 0 amide bonds. The van der Waals surface area contributed by atoms with Crippen LogP contribution in [0.1, 0.15) is 37.6 Å². The standard InChI is InChI=1S/C15H19NO/c1-3-12-7-9-13(10-8-12)16-14(4-2)15-6-5-11-17-15/h5-11,14,16H,3-4H2,1-2H3. The lowest BCUT2D eigenvalue weighted by atomic mass is 10.1. The van der Waals surface area contributed by atoms with Crippen LogP contribution in [0.25, 0.3) is 0 Å². The molecule has 1 aromatic heterocycles. The van der Waals surface area contributed by atoms with E-state index in [0.29, 0.717) is 0 Å². The van der Waals surface area contributed by atoms with Crippen molar-refractivity contribution < 1.29 is 4.42 Å². The van der Waals surface area contributed by atoms with Crippen LogP contribution in [0, 0.1) is 0 Å². The molecule has 0 radical (unpaired) electrons. The average Bonchev–Trinajstić information content (AvgIpc) is 2.90. The molecule has 0 aliphatic heterocycles. The quantitative estimate of drug-likeness (QED) is 0.821. The van der Waals surface area contributed by atoms with E-state index in [0.717, 1.165) is 24.3 Å². The summed E-state index contributed by atoms with van der Waals surface area (Å²) >= 11 is 0. The minimum absolute atomic E-state index is 0.248. The van der Waals surface area contributed by atoms with Gasteiger partial charge < -0.3 is 9.73 Å². The van der Waals surface area contributed by atoms with Crippen LogP contribution in [0.4, 0.5) is 5.69 Å². The Hall–Kier alpha value is -1.70. The van der Waals surface area contributed by atoms with Crippen molar-refractivity contribution in [3.63, 3.8) is 0 Å². The Balaban J connectivity index is 2.07. The van der Waals surface area contributed by atoms with Gasteiger partial charge in [0.2, 0.25) is 0 Å². The summed E-state index contributed by atoms with van der Waals surface area (Å²) in [5, 5.41) is 3.49. The van der Waals surface area contributed by atoms with E-state index in [1.165, 1.54) is 5.56 Å². The first-order chi connectivity index (χ1) is 8.33. The van der Waals surface area contributed by atoms with Crippen molar-refractivity contribution in [3.8, 4) is 0 Å². The summed E-state index contributed by atoms with van der Waals surface area (Å²) in [5.74, 6) is 0.993. The molecule has 0 saturated heterocycles. The van der Waals surface area contributed by atoms with Gasteiger partial charge in [-0.3, -0.25) is 0 Å². The van der Waals surface area contributed by atoms with Crippen molar-refractivity contribution in [2.75, 3.05) is 5.32 Å². The van der Waals surface area contributed by atoms with Gasteiger partial charge in [0.05, 0.1) is 12.3 Å². The molecular formula is C15H19NO. The summed E-state index contributed by atoms with van der Waals surface area (Å²) in [6, 6.07) is 12.8. The third kappa shape index (κ3) is 2.90. The Morgan fingerprint density at radius 2 is 1.88 bits per heavy atom. The zero-order chi connectivity index (χ0) is 12.1. The fourth-order valence-corrected chi connectivity index (χ4v) is 1.90. The molecule has 17 heavy (non-hydrogen) atoms. The van der Waals surface area contributed by atoms with Crippen LogP contribution < -0.4 is 5.32 Å². The van der Waals surface area contributed by atoms with Gasteiger partial charge in [0, 0.05) is 5.69 Å². The fourth-order valence-electron chi connectivity index (χ4n) is 1.90. The highest BCUT2D eigenvalue weighted by molar-refractivity contribution is 5.46. The molecular weight excluding hydrogens is 210 g/mol. The lowest BCUT2D eigenvalue weighted by Crippen LogP contribution is -2.08. The minimum Gasteiger partial charge on any atom is -0.467 e. The summed E-state index contributed by atoms with van der Waals surface area (Å²) in [5.41, 5.74) is 2.51. The van der Waals surface area contributed by atoms with Crippen molar-refractivity contribution in [1.82, 2.24) is 0 Å². The fraction of sp³-hybridized carbons (Fsp3) is 0.333. The van der Waals surface area contributed by atoms with Crippen LogP contribution >= 0.6 is 0 Å². The van der Waals surface area contributed by atoms with Gasteiger partial charge in [0.1, 0.15) is 5.76 Å². The van der Waals surface area contributed by atoms with Gasteiger partial charge in [0.25, 0.3) is 0 Å². The van der Waals surface area contributed by atoms with E-state index in [9.17, 15) is 0 Å². The lowest BCUT2D eigenvalue weighted by molar-refractivity contribution is 0.474. The maximum Gasteiger partial charge on any atom is 0.125 e. The van der Waals surface area contributed by atoms with Crippen LogP contribution in [0.15, 0.2) is 47.1 Å². The van der Waals surface area contributed by atoms with Crippen molar-refractivity contribution in [3.05, 3.63) is 54.0 Å². The molecule has 1 heterocycles. The molecule has 1 unspecified atom stereocenters. The van der Waals surface area contributed by atoms with Gasteiger partial charge in [-0.2, -0.15) is 0 Å². The first-order valence-electron chi connectivity index (χ1n) is 6.22. The van der Waals surface area contributed by atoms with Gasteiger partial charge >= 0.3 is 0 Å². The molecule has 0 fully saturated rings. The monoisotopic (exact) mass is 229 g/mol. The summed E-state index contributed by atoms with van der Waals surface area (Å²) in [6.07, 6.45) is 3.80. The van der Waals surface area contributed by atoms with Crippen LogP contribution in [-0.4, -0.2) is 0 Å². The highest BCUT2D eigenvalue weighted by atomic mass is 16.3. The van der Waals surface area contributed by atoms with E-state index in [1.807, 2.05) is 12.1 Å². The zero-order valence-corrected chi connectivity index (χ0v) is 10.4. The maximum atomic E-state index is 5.44. The maximum absolute atomic E-state index is 5.44. The molecule has 0 aliphatic carbocycles. The largest absolute Gasteiger partial charge is 0.467 e. The van der Waals surface area contributed by atoms with E-state index < -0.39 is 0 Å². The van der Waals surface area contributed by atoms with Crippen LogP contribution in [0.3, 0.4) is 0 Å². The van der Waals surface area contributed by atoms with Crippen molar-refractivity contribution in [2.45, 2.75) is 32.7 Å². The molecule has 0 bridgehead atoms. The second-order valence-electron chi connectivity index (χ2n) is 4.17. The number of aryl methyl sites for hydroxylation is 1. The summed E-state index contributed by atoms with van der Waals surface area (Å²) in [6.45, 7) is 4.32. The van der Waals surface area contributed by atoms with Crippen molar-refractivity contribution in [2.24, 2.45) is 0 Å². The third-order valence-corrected chi connectivity index (χ3v) is 3.00. The third-order valence-electron chi connectivity index (χ3n) is 3.00. The lowest BCUT2D eigenvalue weighted by Gasteiger charge is -2.16. The van der Waals surface area contributed by atoms with Crippen molar-refractivity contribution >= 4 is 5.69 Å². The Morgan fingerprint density at radius 1 is 1.12 bits per heavy atom. The molecule has 2 aromatic rings. The molecule has 0 saturated carbocycles. The molecule has 1 atom stereocenters. The highest BCUT2D eigenvalue weighted by Gasteiger charge is 2.11. The SMILES string of the molecule is CCc1ccc(NC(CC)c2ccco2)cc1. The van der Waals surface area contributed by atoms with Crippen LogP contribution in [0.2, 0.25) is 0 Å². The smallest absolute Gasteiger partial charge is 0.125 e. The number of nitrogens with one attached hydrogen (secondary N) is 1. The number of hydrogen-bond donors (Lipinski definition) is 1. The highest BCUT2D eigenvalue weighted by Crippen LogP contribution is 2.23. The first-order valence-corrected chi connectivity index (χ1v) is 6.22. The molecule has 0 aliphatic rings. The summed E-state index contributed by atoms with van der Waals surface area (Å²) in [4.78, 5) is 0. The van der Waals surface area contributed by atoms with E-state index in [-0.39, 0.29) is 6.04 Å². The molecule has 90 valence electrons. The van der Waals surface area contributed by atoms with E-state index in [1.54, 1.807) is 6.26 Å². The van der Waals surface area contributed by atoms with Gasteiger partial charge in [-0.25, -0.2) is 0 Å². The molecule has 2 rings (SSSR count). The predicted molar refractivity (Wildman–Crippen MR) is 71.2 cm³/mol. The number of hydrogen-bond acceptors (Lipinski definition) is 2. The molecule has 0 spiro atoms. The number of anilines is 1. The van der Waals surface area contributed by atoms with Crippen LogP contribution in [-0.2, 0) is 6.42 Å². The molecule has 1 aromatic carbocycles. The van der Waals surface area contributed by atoms with Gasteiger partial charge in [0.15, 0.2) is 0 Å². The Bertz CT molecular complexity index is 430. The average molecular weight is 229 g/mol. The number of furan rings is 1. The predicted octanol–water partition coefficient (Wildman–Crippen LogP) is 4.41. The van der Waals surface area contributed by atoms with Gasteiger partial charge in [-0.05, 0) is 42.7 Å². The normalized spacial score (nSPS) is 12.4. The van der Waals surface area contributed by atoms with E-state index >= 15 is 0 Å². The molecule has 2 nitrogen and oxygen atoms in total. The second-order valence-corrected chi connectivity index (χ2v) is 4.17. The zero-order valence-electron chi connectivity index (χ0n) is 10.4. The minimum atomic E-state index is 0.248. The Kier molecular flexibility index (Phi) is 3.86. The topological polar surface area (TPSA) is 25.2 Å². The van der Waals surface area contributed by atoms with E-state index in [2.05, 4.69) is 43.4 Å². The first kappa shape index (κ1) is 11.8. The Labute approximate surface area is 103 Å². The summed E-state index contributed by atoms with van der Waals surface area (Å²) < 4.78 is 5.44.